The van der Waals surface area contributed by atoms with Gasteiger partial charge < -0.3 is 0 Å². The number of hydrogen-bond donors (Lipinski definition) is 0. The molecule has 0 amide bonds. The second-order valence-electron chi connectivity index (χ2n) is 7.22. The summed E-state index contributed by atoms with van der Waals surface area (Å²) in [6, 6.07) is 12.4. The molecule has 5 nitrogen and oxygen atoms in total. The fraction of sp³-hybridized carbons (Fsp3) is 0.316. The molecule has 0 N–H and O–H groups in total. The summed E-state index contributed by atoms with van der Waals surface area (Å²) in [4.78, 5) is 12.6. The number of sulfone groups is 1. The first-order chi connectivity index (χ1) is 12.2. The summed E-state index contributed by atoms with van der Waals surface area (Å²) in [7, 11) is -3.25. The summed E-state index contributed by atoms with van der Waals surface area (Å²) in [6.07, 6.45) is 0.238. The molecule has 26 heavy (non-hydrogen) atoms. The fourth-order valence-corrected chi connectivity index (χ4v) is 4.14. The summed E-state index contributed by atoms with van der Waals surface area (Å²) in [5.41, 5.74) is 3.65. The molecule has 0 unspecified atom stereocenters. The second-order valence-corrected chi connectivity index (χ2v) is 10.5. The zero-order chi connectivity index (χ0) is 18.9. The molecule has 0 spiro atoms. The Morgan fingerprint density at radius 3 is 2.38 bits per heavy atom. The zero-order valence-electron chi connectivity index (χ0n) is 14.9. The average Bonchev–Trinajstić information content (AvgIpc) is 3.04. The van der Waals surface area contributed by atoms with Crippen molar-refractivity contribution in [2.45, 2.75) is 37.7 Å². The smallest absolute Gasteiger partial charge is 0.167 e. The van der Waals surface area contributed by atoms with Crippen LogP contribution in [0.4, 0.5) is 0 Å². The highest BCUT2D eigenvalue weighted by Gasteiger charge is 2.28. The van der Waals surface area contributed by atoms with Crippen molar-refractivity contribution in [2.24, 2.45) is 0 Å². The lowest BCUT2D eigenvalue weighted by Crippen LogP contribution is -2.29. The highest BCUT2D eigenvalue weighted by atomic mass is 32.2. The normalized spacial score (nSPS) is 12.4. The van der Waals surface area contributed by atoms with E-state index in [-0.39, 0.29) is 18.0 Å². The number of nitrogens with zero attached hydrogens (tertiary/aromatic N) is 2. The molecule has 2 aromatic carbocycles. The maximum atomic E-state index is 12.6. The van der Waals surface area contributed by atoms with Gasteiger partial charge in [-0.05, 0) is 38.0 Å². The van der Waals surface area contributed by atoms with Crippen LogP contribution in [0.25, 0.3) is 11.0 Å². The molecule has 0 aliphatic rings. The Hall–Kier alpha value is -2.12. The van der Waals surface area contributed by atoms with E-state index in [1.807, 2.05) is 18.2 Å². The van der Waals surface area contributed by atoms with Gasteiger partial charge in [0.2, 0.25) is 0 Å². The zero-order valence-corrected chi connectivity index (χ0v) is 16.5. The third kappa shape index (κ3) is 3.83. The van der Waals surface area contributed by atoms with E-state index in [1.165, 1.54) is 0 Å². The number of Topliss-reactive ketones (excluding diaryl/α,β-unsaturated/α-hetero) is 1. The molecule has 0 aliphatic carbocycles. The van der Waals surface area contributed by atoms with E-state index in [1.54, 1.807) is 45.0 Å². The highest BCUT2D eigenvalue weighted by Crippen LogP contribution is 2.22. The third-order valence-corrected chi connectivity index (χ3v) is 7.41. The van der Waals surface area contributed by atoms with E-state index in [4.69, 9.17) is 0 Å². The average molecular weight is 389 g/mol. The minimum atomic E-state index is -3.25. The molecule has 1 heterocycles. The van der Waals surface area contributed by atoms with E-state index in [2.05, 4.69) is 8.75 Å². The first-order valence-corrected chi connectivity index (χ1v) is 10.6. The van der Waals surface area contributed by atoms with Gasteiger partial charge in [0.25, 0.3) is 0 Å². The van der Waals surface area contributed by atoms with E-state index in [9.17, 15) is 13.2 Å². The van der Waals surface area contributed by atoms with Gasteiger partial charge >= 0.3 is 0 Å². The van der Waals surface area contributed by atoms with Crippen molar-refractivity contribution in [3.8, 4) is 0 Å². The van der Waals surface area contributed by atoms with Crippen LogP contribution < -0.4 is 0 Å². The lowest BCUT2D eigenvalue weighted by atomic mass is 10.0. The molecule has 0 saturated heterocycles. The maximum absolute atomic E-state index is 12.6. The number of rotatable bonds is 5. The second kappa shape index (κ2) is 6.89. The van der Waals surface area contributed by atoms with Crippen LogP contribution in [0, 0.1) is 0 Å². The Kier molecular flexibility index (Phi) is 4.94. The molecule has 0 radical (unpaired) electrons. The first kappa shape index (κ1) is 18.7. The Bertz CT molecular complexity index is 1050. The van der Waals surface area contributed by atoms with Gasteiger partial charge in [-0.15, -0.1) is 0 Å². The SMILES string of the molecule is CC(C)(C)S(=O)(=O)Cc1ccc(C(=O)Cc2cccc3nsnc23)cc1. The summed E-state index contributed by atoms with van der Waals surface area (Å²) >= 11 is 1.13. The van der Waals surface area contributed by atoms with Gasteiger partial charge in [-0.25, -0.2) is 8.42 Å². The molecule has 0 aliphatic heterocycles. The Labute approximate surface area is 157 Å². The van der Waals surface area contributed by atoms with Crippen LogP contribution in [-0.4, -0.2) is 27.7 Å². The highest BCUT2D eigenvalue weighted by molar-refractivity contribution is 7.91. The molecule has 0 atom stereocenters. The van der Waals surface area contributed by atoms with Crippen molar-refractivity contribution in [1.29, 1.82) is 0 Å². The van der Waals surface area contributed by atoms with Gasteiger partial charge in [-0.2, -0.15) is 8.75 Å². The van der Waals surface area contributed by atoms with Crippen molar-refractivity contribution in [3.05, 3.63) is 59.2 Å². The molecule has 0 bridgehead atoms. The number of benzene rings is 2. The van der Waals surface area contributed by atoms with Crippen LogP contribution in [0.3, 0.4) is 0 Å². The van der Waals surface area contributed by atoms with Crippen LogP contribution in [0.5, 0.6) is 0 Å². The van der Waals surface area contributed by atoms with Crippen molar-refractivity contribution in [2.75, 3.05) is 0 Å². The van der Waals surface area contributed by atoms with Crippen molar-refractivity contribution < 1.29 is 13.2 Å². The maximum Gasteiger partial charge on any atom is 0.167 e. The summed E-state index contributed by atoms with van der Waals surface area (Å²) in [5, 5.41) is 0. The van der Waals surface area contributed by atoms with E-state index < -0.39 is 14.6 Å². The standard InChI is InChI=1S/C19H20N2O3S2/c1-19(2,3)26(23,24)12-13-7-9-14(10-8-13)17(22)11-15-5-4-6-16-18(15)21-25-20-16/h4-10H,11-12H2,1-3H3. The molecule has 3 rings (SSSR count). The van der Waals surface area contributed by atoms with Crippen LogP contribution in [0.15, 0.2) is 42.5 Å². The van der Waals surface area contributed by atoms with Crippen molar-refractivity contribution in [3.63, 3.8) is 0 Å². The number of hydrogen-bond acceptors (Lipinski definition) is 6. The minimum absolute atomic E-state index is 0.0317. The largest absolute Gasteiger partial charge is 0.294 e. The van der Waals surface area contributed by atoms with Crippen molar-refractivity contribution >= 4 is 38.4 Å². The van der Waals surface area contributed by atoms with Gasteiger partial charge in [-0.1, -0.05) is 36.4 Å². The van der Waals surface area contributed by atoms with E-state index in [0.717, 1.165) is 28.3 Å². The topological polar surface area (TPSA) is 77.0 Å². The third-order valence-electron chi connectivity index (χ3n) is 4.29. The van der Waals surface area contributed by atoms with Crippen molar-refractivity contribution in [1.82, 2.24) is 8.75 Å². The summed E-state index contributed by atoms with van der Waals surface area (Å²) < 4.78 is 32.2. The van der Waals surface area contributed by atoms with Crippen LogP contribution >= 0.6 is 11.7 Å². The Balaban J connectivity index is 1.76. The van der Waals surface area contributed by atoms with Crippen LogP contribution in [-0.2, 0) is 22.0 Å². The number of fused-ring (bicyclic) bond motifs is 1. The van der Waals surface area contributed by atoms with Gasteiger partial charge in [0, 0.05) is 12.0 Å². The van der Waals surface area contributed by atoms with Crippen LogP contribution in [0.2, 0.25) is 0 Å². The molecule has 3 aromatic rings. The van der Waals surface area contributed by atoms with Gasteiger partial charge in [-0.3, -0.25) is 4.79 Å². The van der Waals surface area contributed by atoms with Gasteiger partial charge in [0.15, 0.2) is 15.6 Å². The van der Waals surface area contributed by atoms with E-state index >= 15 is 0 Å². The van der Waals surface area contributed by atoms with Crippen LogP contribution in [0.1, 0.15) is 42.3 Å². The molecule has 1 aromatic heterocycles. The lowest BCUT2D eigenvalue weighted by molar-refractivity contribution is 0.0993. The summed E-state index contributed by atoms with van der Waals surface area (Å²) in [5.74, 6) is -0.0647. The number of aromatic nitrogens is 2. The molecule has 0 saturated carbocycles. The lowest BCUT2D eigenvalue weighted by Gasteiger charge is -2.19. The molecular formula is C19H20N2O3S2. The van der Waals surface area contributed by atoms with E-state index in [0.29, 0.717) is 11.1 Å². The molecule has 0 fully saturated rings. The first-order valence-electron chi connectivity index (χ1n) is 8.22. The monoisotopic (exact) mass is 388 g/mol. The fourth-order valence-electron chi connectivity index (χ4n) is 2.50. The molecule has 7 heteroatoms. The molecule has 136 valence electrons. The summed E-state index contributed by atoms with van der Waals surface area (Å²) in [6.45, 7) is 5.07. The Morgan fingerprint density at radius 1 is 1.04 bits per heavy atom. The van der Waals surface area contributed by atoms with Gasteiger partial charge in [0.1, 0.15) is 11.0 Å². The predicted molar refractivity (Wildman–Crippen MR) is 104 cm³/mol. The van der Waals surface area contributed by atoms with Gasteiger partial charge in [0.05, 0.1) is 22.2 Å². The number of ketones is 1. The number of carbonyl (C=O) groups is 1. The predicted octanol–water partition coefficient (Wildman–Crippen LogP) is 3.83. The molecular weight excluding hydrogens is 368 g/mol. The quantitative estimate of drug-likeness (QED) is 0.621. The number of carbonyl (C=O) groups excluding carboxylic acids is 1. The minimum Gasteiger partial charge on any atom is -0.294 e. The Morgan fingerprint density at radius 2 is 1.73 bits per heavy atom.